The summed E-state index contributed by atoms with van der Waals surface area (Å²) in [6.07, 6.45) is -12.9. The van der Waals surface area contributed by atoms with Crippen LogP contribution >= 0.6 is 0 Å². The number of hydrogen-bond acceptors (Lipinski definition) is 2. The second-order valence-electron chi connectivity index (χ2n) is 7.21. The van der Waals surface area contributed by atoms with Gasteiger partial charge in [0.2, 0.25) is 0 Å². The molecule has 2 nitrogen and oxygen atoms in total. The van der Waals surface area contributed by atoms with E-state index < -0.39 is 41.8 Å². The van der Waals surface area contributed by atoms with Gasteiger partial charge in [-0.2, -0.15) is 26.3 Å². The molecule has 8 unspecified atom stereocenters. The highest BCUT2D eigenvalue weighted by atomic mass is 19.4. The van der Waals surface area contributed by atoms with E-state index in [9.17, 15) is 36.6 Å². The molecule has 3 aliphatic carbocycles. The zero-order valence-electron chi connectivity index (χ0n) is 12.0. The van der Waals surface area contributed by atoms with Crippen LogP contribution in [0.4, 0.5) is 26.3 Å². The number of rotatable bonds is 1. The molecule has 8 heteroatoms. The Hall–Kier alpha value is -0.500. The lowest BCUT2D eigenvalue weighted by atomic mass is 9.48. The van der Waals surface area contributed by atoms with E-state index in [1.54, 1.807) is 0 Å². The van der Waals surface area contributed by atoms with Crippen molar-refractivity contribution in [3.05, 3.63) is 0 Å². The fourth-order valence-electron chi connectivity index (χ4n) is 5.48. The van der Waals surface area contributed by atoms with E-state index in [1.165, 1.54) is 0 Å². The highest BCUT2D eigenvalue weighted by molar-refractivity contribution is 5.20. The minimum Gasteiger partial charge on any atom is -0.392 e. The van der Waals surface area contributed by atoms with Crippen LogP contribution in [-0.2, 0) is 0 Å². The quantitative estimate of drug-likeness (QED) is 0.725. The SMILES string of the molecule is CC1C(C)C2CC1C1C(O)C(C(O)(C(F)(F)F)C(F)(F)F)C21. The monoisotopic (exact) mass is 332 g/mol. The third kappa shape index (κ3) is 1.66. The van der Waals surface area contributed by atoms with Gasteiger partial charge in [0.25, 0.3) is 5.60 Å². The smallest absolute Gasteiger partial charge is 0.392 e. The predicted octanol–water partition coefficient (Wildman–Crippen LogP) is 2.99. The Kier molecular flexibility index (Phi) is 3.21. The maximum absolute atomic E-state index is 13.0. The number of hydrogen-bond donors (Lipinski definition) is 2. The van der Waals surface area contributed by atoms with Crippen molar-refractivity contribution in [1.29, 1.82) is 0 Å². The summed E-state index contributed by atoms with van der Waals surface area (Å²) in [6, 6.07) is 0. The molecule has 0 saturated heterocycles. The second-order valence-corrected chi connectivity index (χ2v) is 7.21. The molecule has 0 aliphatic heterocycles. The zero-order valence-corrected chi connectivity index (χ0v) is 12.0. The molecule has 0 aromatic heterocycles. The number of fused-ring (bicyclic) bond motifs is 5. The predicted molar refractivity (Wildman–Crippen MR) is 63.5 cm³/mol. The van der Waals surface area contributed by atoms with Gasteiger partial charge in [0, 0.05) is 5.92 Å². The van der Waals surface area contributed by atoms with Crippen molar-refractivity contribution in [3.63, 3.8) is 0 Å². The van der Waals surface area contributed by atoms with Gasteiger partial charge in [-0.3, -0.25) is 0 Å². The van der Waals surface area contributed by atoms with Crippen LogP contribution in [0.5, 0.6) is 0 Å². The van der Waals surface area contributed by atoms with Crippen molar-refractivity contribution in [2.75, 3.05) is 0 Å². The van der Waals surface area contributed by atoms with E-state index in [1.807, 2.05) is 13.8 Å². The molecular formula is C14H18F6O2. The fourth-order valence-corrected chi connectivity index (χ4v) is 5.48. The van der Waals surface area contributed by atoms with E-state index in [2.05, 4.69) is 0 Å². The summed E-state index contributed by atoms with van der Waals surface area (Å²) in [4.78, 5) is 0. The standard InChI is InChI=1S/C14H18F6O2/c1-4-5(2)7-3-6(4)8-9(7)11(21)10(8)12(22,13(15,16)17)14(18,19)20/h4-11,21-22H,3H2,1-2H3. The minimum absolute atomic E-state index is 0.00645. The molecule has 0 spiro atoms. The lowest BCUT2D eigenvalue weighted by Gasteiger charge is -2.59. The van der Waals surface area contributed by atoms with Gasteiger partial charge in [-0.15, -0.1) is 0 Å². The highest BCUT2D eigenvalue weighted by Gasteiger charge is 2.82. The first-order valence-electron chi connectivity index (χ1n) is 7.38. The van der Waals surface area contributed by atoms with Crippen LogP contribution in [0.2, 0.25) is 0 Å². The summed E-state index contributed by atoms with van der Waals surface area (Å²) < 4.78 is 78.2. The summed E-state index contributed by atoms with van der Waals surface area (Å²) in [5.41, 5.74) is -4.84. The van der Waals surface area contributed by atoms with Crippen LogP contribution in [0.1, 0.15) is 20.3 Å². The summed E-state index contributed by atoms with van der Waals surface area (Å²) in [7, 11) is 0. The van der Waals surface area contributed by atoms with Gasteiger partial charge in [0.1, 0.15) is 0 Å². The topological polar surface area (TPSA) is 40.5 Å². The molecular weight excluding hydrogens is 314 g/mol. The summed E-state index contributed by atoms with van der Waals surface area (Å²) in [5, 5.41) is 19.6. The minimum atomic E-state index is -5.86. The zero-order chi connectivity index (χ0) is 16.8. The molecule has 8 atom stereocenters. The number of aliphatic hydroxyl groups is 2. The van der Waals surface area contributed by atoms with Crippen molar-refractivity contribution in [2.45, 2.75) is 44.3 Å². The van der Waals surface area contributed by atoms with E-state index in [-0.39, 0.29) is 23.7 Å². The Morgan fingerprint density at radius 3 is 1.64 bits per heavy atom. The van der Waals surface area contributed by atoms with Gasteiger partial charge in [0.05, 0.1) is 6.10 Å². The Balaban J connectivity index is 1.99. The number of halogens is 6. The second kappa shape index (κ2) is 4.32. The van der Waals surface area contributed by atoms with Crippen LogP contribution < -0.4 is 0 Å². The van der Waals surface area contributed by atoms with E-state index in [0.29, 0.717) is 6.42 Å². The molecule has 0 radical (unpaired) electrons. The van der Waals surface area contributed by atoms with Gasteiger partial charge >= 0.3 is 12.4 Å². The Morgan fingerprint density at radius 1 is 0.818 bits per heavy atom. The van der Waals surface area contributed by atoms with Crippen molar-refractivity contribution >= 4 is 0 Å². The third-order valence-corrected chi connectivity index (χ3v) is 6.68. The molecule has 3 fully saturated rings. The molecule has 0 amide bonds. The molecule has 128 valence electrons. The average Bonchev–Trinajstić information content (AvgIpc) is 2.81. The first kappa shape index (κ1) is 16.4. The molecule has 2 bridgehead atoms. The number of aliphatic hydroxyl groups excluding tert-OH is 1. The fraction of sp³-hybridized carbons (Fsp3) is 1.00. The largest absolute Gasteiger partial charge is 0.426 e. The van der Waals surface area contributed by atoms with Gasteiger partial charge in [-0.05, 0) is 41.9 Å². The Morgan fingerprint density at radius 2 is 1.23 bits per heavy atom. The van der Waals surface area contributed by atoms with Crippen LogP contribution in [-0.4, -0.2) is 34.3 Å². The Bertz CT molecular complexity index is 457. The first-order chi connectivity index (χ1) is 9.84. The molecule has 0 aromatic carbocycles. The van der Waals surface area contributed by atoms with Crippen molar-refractivity contribution < 1.29 is 36.6 Å². The molecule has 3 saturated carbocycles. The van der Waals surface area contributed by atoms with Crippen molar-refractivity contribution in [2.24, 2.45) is 41.4 Å². The van der Waals surface area contributed by atoms with Crippen LogP contribution in [0.15, 0.2) is 0 Å². The molecule has 3 rings (SSSR count). The summed E-state index contributed by atoms with van der Waals surface area (Å²) in [5.74, 6) is -3.87. The third-order valence-electron chi connectivity index (χ3n) is 6.68. The van der Waals surface area contributed by atoms with Crippen LogP contribution in [0.3, 0.4) is 0 Å². The Labute approximate surface area is 123 Å². The lowest BCUT2D eigenvalue weighted by Crippen LogP contribution is -2.73. The molecule has 3 aliphatic rings. The van der Waals surface area contributed by atoms with E-state index in [4.69, 9.17) is 0 Å². The van der Waals surface area contributed by atoms with Gasteiger partial charge in [0.15, 0.2) is 0 Å². The maximum atomic E-state index is 13.0. The molecule has 22 heavy (non-hydrogen) atoms. The molecule has 0 heterocycles. The van der Waals surface area contributed by atoms with E-state index >= 15 is 0 Å². The van der Waals surface area contributed by atoms with Gasteiger partial charge < -0.3 is 10.2 Å². The van der Waals surface area contributed by atoms with Crippen molar-refractivity contribution in [3.8, 4) is 0 Å². The summed E-state index contributed by atoms with van der Waals surface area (Å²) in [6.45, 7) is 3.75. The lowest BCUT2D eigenvalue weighted by molar-refractivity contribution is -0.415. The van der Waals surface area contributed by atoms with Gasteiger partial charge in [-0.25, -0.2) is 0 Å². The van der Waals surface area contributed by atoms with Gasteiger partial charge in [-0.1, -0.05) is 13.8 Å². The normalized spacial score (nSPS) is 48.3. The number of alkyl halides is 6. The summed E-state index contributed by atoms with van der Waals surface area (Å²) >= 11 is 0. The van der Waals surface area contributed by atoms with Crippen LogP contribution in [0, 0.1) is 41.4 Å². The van der Waals surface area contributed by atoms with Crippen LogP contribution in [0.25, 0.3) is 0 Å². The molecule has 2 N–H and O–H groups in total. The van der Waals surface area contributed by atoms with Crippen molar-refractivity contribution in [1.82, 2.24) is 0 Å². The first-order valence-corrected chi connectivity index (χ1v) is 7.38. The highest BCUT2D eigenvalue weighted by Crippen LogP contribution is 2.71. The van der Waals surface area contributed by atoms with E-state index in [0.717, 1.165) is 0 Å². The maximum Gasteiger partial charge on any atom is 0.426 e. The molecule has 0 aromatic rings. The average molecular weight is 332 g/mol.